The molecule has 5 heteroatoms. The molecule has 2 rings (SSSR count). The van der Waals surface area contributed by atoms with Gasteiger partial charge in [0.2, 0.25) is 5.88 Å². The molecular formula is C15H18N2O3. The van der Waals surface area contributed by atoms with Gasteiger partial charge in [0, 0.05) is 36.5 Å². The molecule has 0 radical (unpaired) electrons. The number of hydrogen-bond acceptors (Lipinski definition) is 5. The summed E-state index contributed by atoms with van der Waals surface area (Å²) in [6.07, 6.45) is 1.67. The monoisotopic (exact) mass is 274 g/mol. The van der Waals surface area contributed by atoms with E-state index in [0.29, 0.717) is 23.1 Å². The average Bonchev–Trinajstić information content (AvgIpc) is 2.47. The highest BCUT2D eigenvalue weighted by Gasteiger charge is 2.07. The Balaban J connectivity index is 2.27. The Kier molecular flexibility index (Phi) is 4.42. The number of nitrogens with two attached hydrogens (primary N) is 1. The molecule has 0 unspecified atom stereocenters. The lowest BCUT2D eigenvalue weighted by atomic mass is 10.1. The summed E-state index contributed by atoms with van der Waals surface area (Å²) in [5.74, 6) is 2.39. The van der Waals surface area contributed by atoms with Gasteiger partial charge in [0.05, 0.1) is 14.2 Å². The molecule has 0 aliphatic heterocycles. The van der Waals surface area contributed by atoms with Crippen LogP contribution in [0.4, 0.5) is 0 Å². The molecular weight excluding hydrogens is 256 g/mol. The van der Waals surface area contributed by atoms with Gasteiger partial charge in [-0.25, -0.2) is 4.98 Å². The van der Waals surface area contributed by atoms with Crippen LogP contribution in [0.5, 0.6) is 23.1 Å². The first-order chi connectivity index (χ1) is 9.62. The van der Waals surface area contributed by atoms with Crippen LogP contribution in [0.25, 0.3) is 0 Å². The number of methoxy groups -OCH3 is 2. The fraction of sp³-hybridized carbons (Fsp3) is 0.267. The van der Waals surface area contributed by atoms with E-state index in [1.54, 1.807) is 38.6 Å². The van der Waals surface area contributed by atoms with Crippen LogP contribution >= 0.6 is 0 Å². The number of aromatic nitrogens is 1. The van der Waals surface area contributed by atoms with Crippen molar-refractivity contribution in [3.8, 4) is 23.1 Å². The fourth-order valence-corrected chi connectivity index (χ4v) is 1.72. The predicted molar refractivity (Wildman–Crippen MR) is 76.5 cm³/mol. The lowest BCUT2D eigenvalue weighted by Crippen LogP contribution is -2.05. The molecule has 0 spiro atoms. The van der Waals surface area contributed by atoms with E-state index in [0.717, 1.165) is 5.56 Å². The molecule has 20 heavy (non-hydrogen) atoms. The van der Waals surface area contributed by atoms with Gasteiger partial charge in [-0.1, -0.05) is 0 Å². The van der Waals surface area contributed by atoms with Gasteiger partial charge < -0.3 is 19.9 Å². The van der Waals surface area contributed by atoms with E-state index in [4.69, 9.17) is 19.9 Å². The van der Waals surface area contributed by atoms with Crippen LogP contribution in [0, 0.1) is 0 Å². The lowest BCUT2D eigenvalue weighted by molar-refractivity contribution is 0.385. The zero-order valence-electron chi connectivity index (χ0n) is 11.8. The highest BCUT2D eigenvalue weighted by atomic mass is 16.5. The van der Waals surface area contributed by atoms with Crippen molar-refractivity contribution in [1.82, 2.24) is 4.98 Å². The molecule has 2 N–H and O–H groups in total. The van der Waals surface area contributed by atoms with Gasteiger partial charge in [-0.2, -0.15) is 0 Å². The third-order valence-corrected chi connectivity index (χ3v) is 2.83. The number of pyridine rings is 1. The van der Waals surface area contributed by atoms with Crippen LogP contribution in [0.1, 0.15) is 18.5 Å². The number of benzene rings is 1. The molecule has 5 nitrogen and oxygen atoms in total. The van der Waals surface area contributed by atoms with Gasteiger partial charge in [-0.3, -0.25) is 0 Å². The predicted octanol–water partition coefficient (Wildman–Crippen LogP) is 2.91. The molecule has 1 aromatic carbocycles. The molecule has 0 saturated carbocycles. The molecule has 0 saturated heterocycles. The topological polar surface area (TPSA) is 66.6 Å². The Bertz CT molecular complexity index is 563. The van der Waals surface area contributed by atoms with Crippen molar-refractivity contribution in [2.24, 2.45) is 5.73 Å². The fourth-order valence-electron chi connectivity index (χ4n) is 1.72. The van der Waals surface area contributed by atoms with Crippen LogP contribution in [0.2, 0.25) is 0 Å². The zero-order chi connectivity index (χ0) is 14.5. The summed E-state index contributed by atoms with van der Waals surface area (Å²) < 4.78 is 16.1. The van der Waals surface area contributed by atoms with Crippen molar-refractivity contribution < 1.29 is 14.2 Å². The summed E-state index contributed by atoms with van der Waals surface area (Å²) in [5, 5.41) is 0. The molecule has 1 heterocycles. The van der Waals surface area contributed by atoms with Crippen molar-refractivity contribution in [1.29, 1.82) is 0 Å². The Morgan fingerprint density at radius 2 is 1.60 bits per heavy atom. The Labute approximate surface area is 118 Å². The van der Waals surface area contributed by atoms with E-state index in [1.165, 1.54) is 0 Å². The first-order valence-electron chi connectivity index (χ1n) is 6.25. The average molecular weight is 274 g/mol. The maximum Gasteiger partial charge on any atom is 0.219 e. The second kappa shape index (κ2) is 6.25. The lowest BCUT2D eigenvalue weighted by Gasteiger charge is -2.11. The minimum absolute atomic E-state index is 0.0693. The molecule has 106 valence electrons. The van der Waals surface area contributed by atoms with E-state index >= 15 is 0 Å². The largest absolute Gasteiger partial charge is 0.496 e. The number of nitrogens with zero attached hydrogens (tertiary/aromatic N) is 1. The number of rotatable bonds is 5. The molecule has 1 aromatic heterocycles. The van der Waals surface area contributed by atoms with Crippen molar-refractivity contribution in [3.05, 3.63) is 42.1 Å². The number of ether oxygens (including phenoxy) is 3. The summed E-state index contributed by atoms with van der Waals surface area (Å²) in [4.78, 5) is 4.17. The second-order valence-electron chi connectivity index (χ2n) is 4.37. The van der Waals surface area contributed by atoms with Gasteiger partial charge in [0.25, 0.3) is 0 Å². The molecule has 2 aromatic rings. The number of hydrogen-bond donors (Lipinski definition) is 1. The van der Waals surface area contributed by atoms with E-state index in [9.17, 15) is 0 Å². The smallest absolute Gasteiger partial charge is 0.219 e. The normalized spacial score (nSPS) is 11.8. The summed E-state index contributed by atoms with van der Waals surface area (Å²) in [6, 6.07) is 8.92. The quantitative estimate of drug-likeness (QED) is 0.908. The minimum atomic E-state index is -0.0693. The van der Waals surface area contributed by atoms with Gasteiger partial charge in [0.15, 0.2) is 0 Å². The Morgan fingerprint density at radius 1 is 1.00 bits per heavy atom. The Hall–Kier alpha value is -2.27. The van der Waals surface area contributed by atoms with Crippen molar-refractivity contribution in [3.63, 3.8) is 0 Å². The summed E-state index contributed by atoms with van der Waals surface area (Å²) >= 11 is 0. The van der Waals surface area contributed by atoms with Crippen molar-refractivity contribution in [2.75, 3.05) is 14.2 Å². The molecule has 0 bridgehead atoms. The SMILES string of the molecule is COc1cc(OC)cc(Oc2cc([C@H](C)N)ccn2)c1. The molecule has 0 fully saturated rings. The highest BCUT2D eigenvalue weighted by Crippen LogP contribution is 2.30. The standard InChI is InChI=1S/C15H18N2O3/c1-10(16)11-4-5-17-15(6-11)20-14-8-12(18-2)7-13(9-14)19-3/h4-10H,16H2,1-3H3/t10-/m0/s1. The molecule has 0 aliphatic rings. The first-order valence-corrected chi connectivity index (χ1v) is 6.25. The van der Waals surface area contributed by atoms with E-state index in [1.807, 2.05) is 19.1 Å². The summed E-state index contributed by atoms with van der Waals surface area (Å²) in [7, 11) is 3.18. The third kappa shape index (κ3) is 3.39. The van der Waals surface area contributed by atoms with Gasteiger partial charge in [0.1, 0.15) is 17.2 Å². The van der Waals surface area contributed by atoms with Crippen molar-refractivity contribution in [2.45, 2.75) is 13.0 Å². The highest BCUT2D eigenvalue weighted by molar-refractivity contribution is 5.43. The van der Waals surface area contributed by atoms with Gasteiger partial charge in [-0.05, 0) is 18.6 Å². The van der Waals surface area contributed by atoms with Crippen LogP contribution in [0.15, 0.2) is 36.5 Å². The van der Waals surface area contributed by atoms with E-state index in [-0.39, 0.29) is 6.04 Å². The van der Waals surface area contributed by atoms with Crippen LogP contribution in [0.3, 0.4) is 0 Å². The molecule has 0 amide bonds. The molecule has 0 aliphatic carbocycles. The summed E-state index contributed by atoms with van der Waals surface area (Å²) in [6.45, 7) is 1.91. The second-order valence-corrected chi connectivity index (χ2v) is 4.37. The van der Waals surface area contributed by atoms with Crippen LogP contribution < -0.4 is 19.9 Å². The third-order valence-electron chi connectivity index (χ3n) is 2.83. The minimum Gasteiger partial charge on any atom is -0.496 e. The first kappa shape index (κ1) is 14.1. The molecule has 1 atom stereocenters. The van der Waals surface area contributed by atoms with E-state index in [2.05, 4.69) is 4.98 Å². The van der Waals surface area contributed by atoms with Crippen LogP contribution in [-0.4, -0.2) is 19.2 Å². The Morgan fingerprint density at radius 3 is 2.15 bits per heavy atom. The van der Waals surface area contributed by atoms with Gasteiger partial charge >= 0.3 is 0 Å². The summed E-state index contributed by atoms with van der Waals surface area (Å²) in [5.41, 5.74) is 6.81. The van der Waals surface area contributed by atoms with Crippen LogP contribution in [-0.2, 0) is 0 Å². The maximum atomic E-state index is 5.84. The zero-order valence-corrected chi connectivity index (χ0v) is 11.8. The van der Waals surface area contributed by atoms with E-state index < -0.39 is 0 Å². The maximum absolute atomic E-state index is 5.84. The van der Waals surface area contributed by atoms with Crippen molar-refractivity contribution >= 4 is 0 Å². The van der Waals surface area contributed by atoms with Gasteiger partial charge in [-0.15, -0.1) is 0 Å².